The second-order valence-corrected chi connectivity index (χ2v) is 12.3. The average Bonchev–Trinajstić information content (AvgIpc) is 2.16. The molecule has 2 unspecified atom stereocenters. The van der Waals surface area contributed by atoms with Crippen molar-refractivity contribution in [1.29, 1.82) is 0 Å². The van der Waals surface area contributed by atoms with Crippen LogP contribution in [-0.2, 0) is 0 Å². The lowest BCUT2D eigenvalue weighted by Gasteiger charge is -2.26. The van der Waals surface area contributed by atoms with Gasteiger partial charge in [0.15, 0.2) is 0 Å². The van der Waals surface area contributed by atoms with Crippen LogP contribution < -0.4 is 0 Å². The van der Waals surface area contributed by atoms with Crippen LogP contribution in [-0.4, -0.2) is 24.5 Å². The normalized spacial score (nSPS) is 15.8. The molecule has 1 aromatic rings. The summed E-state index contributed by atoms with van der Waals surface area (Å²) in [5.74, 6) is 0. The van der Waals surface area contributed by atoms with Gasteiger partial charge in [0, 0.05) is 18.2 Å². The summed E-state index contributed by atoms with van der Waals surface area (Å²) in [7, 11) is -1.12. The lowest BCUT2D eigenvalue weighted by Crippen LogP contribution is -2.31. The predicted octanol–water partition coefficient (Wildman–Crippen LogP) is 3.87. The fourth-order valence-electron chi connectivity index (χ4n) is 1.59. The van der Waals surface area contributed by atoms with E-state index >= 15 is 0 Å². The Kier molecular flexibility index (Phi) is 5.09. The monoisotopic (exact) mass is 254 g/mol. The quantitative estimate of drug-likeness (QED) is 0.636. The first-order chi connectivity index (χ1) is 7.38. The number of benzene rings is 1. The van der Waals surface area contributed by atoms with Crippen LogP contribution in [0.25, 0.3) is 0 Å². The van der Waals surface area contributed by atoms with E-state index in [0.29, 0.717) is 5.25 Å². The van der Waals surface area contributed by atoms with Crippen molar-refractivity contribution < 1.29 is 5.11 Å². The van der Waals surface area contributed by atoms with Crippen molar-refractivity contribution in [3.8, 4) is 0 Å². The second kappa shape index (κ2) is 5.89. The molecule has 0 aliphatic carbocycles. The lowest BCUT2D eigenvalue weighted by molar-refractivity contribution is 0.196. The van der Waals surface area contributed by atoms with Gasteiger partial charge in [-0.25, -0.2) is 0 Å². The van der Waals surface area contributed by atoms with Crippen LogP contribution in [0.3, 0.4) is 0 Å². The number of hydrogen-bond acceptors (Lipinski definition) is 2. The third kappa shape index (κ3) is 5.19. The van der Waals surface area contributed by atoms with Crippen molar-refractivity contribution in [3.05, 3.63) is 30.3 Å². The third-order valence-corrected chi connectivity index (χ3v) is 5.75. The van der Waals surface area contributed by atoms with Crippen molar-refractivity contribution in [3.63, 3.8) is 0 Å². The van der Waals surface area contributed by atoms with Gasteiger partial charge in [-0.05, 0) is 25.1 Å². The minimum Gasteiger partial charge on any atom is -0.392 e. The maximum atomic E-state index is 9.84. The zero-order chi connectivity index (χ0) is 12.2. The summed E-state index contributed by atoms with van der Waals surface area (Å²) >= 11 is 1.81. The molecule has 2 atom stereocenters. The van der Waals surface area contributed by atoms with Gasteiger partial charge in [0.25, 0.3) is 0 Å². The third-order valence-electron chi connectivity index (χ3n) is 2.38. The highest BCUT2D eigenvalue weighted by molar-refractivity contribution is 8.00. The smallest absolute Gasteiger partial charge is 0.0631 e. The van der Waals surface area contributed by atoms with E-state index in [9.17, 15) is 5.11 Å². The first kappa shape index (κ1) is 13.8. The molecule has 0 aliphatic rings. The fraction of sp³-hybridized carbons (Fsp3) is 0.538. The van der Waals surface area contributed by atoms with Crippen molar-refractivity contribution in [1.82, 2.24) is 0 Å². The van der Waals surface area contributed by atoms with Gasteiger partial charge in [-0.2, -0.15) is 0 Å². The highest BCUT2D eigenvalue weighted by Crippen LogP contribution is 2.31. The SMILES string of the molecule is CC(O)C(C[Si](C)(C)C)Sc1ccccc1. The van der Waals surface area contributed by atoms with E-state index in [1.807, 2.05) is 24.8 Å². The average molecular weight is 254 g/mol. The molecule has 0 spiro atoms. The summed E-state index contributed by atoms with van der Waals surface area (Å²) in [4.78, 5) is 1.26. The van der Waals surface area contributed by atoms with Crippen molar-refractivity contribution in [2.45, 2.75) is 48.9 Å². The molecule has 90 valence electrons. The van der Waals surface area contributed by atoms with Crippen molar-refractivity contribution >= 4 is 19.8 Å². The predicted molar refractivity (Wildman–Crippen MR) is 75.9 cm³/mol. The maximum absolute atomic E-state index is 9.84. The van der Waals surface area contributed by atoms with E-state index in [0.717, 1.165) is 6.04 Å². The molecule has 1 nitrogen and oxygen atoms in total. The molecular weight excluding hydrogens is 232 g/mol. The Morgan fingerprint density at radius 2 is 1.75 bits per heavy atom. The van der Waals surface area contributed by atoms with E-state index in [2.05, 4.69) is 43.9 Å². The van der Waals surface area contributed by atoms with Crippen LogP contribution in [0.5, 0.6) is 0 Å². The minimum absolute atomic E-state index is 0.239. The summed E-state index contributed by atoms with van der Waals surface area (Å²) in [6.45, 7) is 8.97. The number of aliphatic hydroxyl groups excluding tert-OH is 1. The molecule has 1 aromatic carbocycles. The Hall–Kier alpha value is -0.253. The van der Waals surface area contributed by atoms with Crippen LogP contribution >= 0.6 is 11.8 Å². The fourth-order valence-corrected chi connectivity index (χ4v) is 5.83. The summed E-state index contributed by atoms with van der Waals surface area (Å²) in [5.41, 5.74) is 0. The topological polar surface area (TPSA) is 20.2 Å². The van der Waals surface area contributed by atoms with Gasteiger partial charge < -0.3 is 5.11 Å². The Morgan fingerprint density at radius 1 is 1.19 bits per heavy atom. The van der Waals surface area contributed by atoms with E-state index < -0.39 is 8.07 Å². The summed E-state index contributed by atoms with van der Waals surface area (Å²) in [6.07, 6.45) is -0.239. The first-order valence-corrected chi connectivity index (χ1v) is 10.4. The number of rotatable bonds is 5. The summed E-state index contributed by atoms with van der Waals surface area (Å²) in [6, 6.07) is 11.5. The zero-order valence-electron chi connectivity index (χ0n) is 10.6. The molecule has 0 fully saturated rings. The molecular formula is C13H22OSSi. The summed E-state index contributed by atoms with van der Waals surface area (Å²) in [5, 5.41) is 10.2. The van der Waals surface area contributed by atoms with Crippen molar-refractivity contribution in [2.75, 3.05) is 0 Å². The Morgan fingerprint density at radius 3 is 2.19 bits per heavy atom. The Bertz CT molecular complexity index is 305. The van der Waals surface area contributed by atoms with E-state index in [1.54, 1.807) is 0 Å². The van der Waals surface area contributed by atoms with Crippen molar-refractivity contribution in [2.24, 2.45) is 0 Å². The van der Waals surface area contributed by atoms with Gasteiger partial charge in [-0.3, -0.25) is 0 Å². The number of hydrogen-bond donors (Lipinski definition) is 1. The largest absolute Gasteiger partial charge is 0.392 e. The molecule has 0 saturated carbocycles. The molecule has 0 bridgehead atoms. The van der Waals surface area contributed by atoms with E-state index in [-0.39, 0.29) is 6.10 Å². The van der Waals surface area contributed by atoms with E-state index in [1.165, 1.54) is 4.90 Å². The molecule has 3 heteroatoms. The molecule has 0 saturated heterocycles. The lowest BCUT2D eigenvalue weighted by atomic mass is 10.3. The van der Waals surface area contributed by atoms with E-state index in [4.69, 9.17) is 0 Å². The van der Waals surface area contributed by atoms with Crippen LogP contribution in [0.1, 0.15) is 6.92 Å². The molecule has 1 N–H and O–H groups in total. The van der Waals surface area contributed by atoms with Crippen LogP contribution in [0.4, 0.5) is 0 Å². The molecule has 0 heterocycles. The van der Waals surface area contributed by atoms with Gasteiger partial charge in [-0.1, -0.05) is 37.8 Å². The zero-order valence-corrected chi connectivity index (χ0v) is 12.4. The Labute approximate surface area is 104 Å². The summed E-state index contributed by atoms with van der Waals surface area (Å²) < 4.78 is 0. The second-order valence-electron chi connectivity index (χ2n) is 5.47. The molecule has 0 aliphatic heterocycles. The highest BCUT2D eigenvalue weighted by atomic mass is 32.2. The molecule has 1 rings (SSSR count). The van der Waals surface area contributed by atoms with Crippen LogP contribution in [0, 0.1) is 0 Å². The van der Waals surface area contributed by atoms with Gasteiger partial charge in [0.1, 0.15) is 0 Å². The van der Waals surface area contributed by atoms with Crippen LogP contribution in [0.2, 0.25) is 25.7 Å². The Balaban J connectivity index is 2.66. The molecule has 0 radical (unpaired) electrons. The number of aliphatic hydroxyl groups is 1. The highest BCUT2D eigenvalue weighted by Gasteiger charge is 2.24. The number of thioether (sulfide) groups is 1. The standard InChI is InChI=1S/C13H22OSSi/c1-11(14)13(10-16(2,3)4)15-12-8-6-5-7-9-12/h5-9,11,13-14H,10H2,1-4H3. The van der Waals surface area contributed by atoms with Crippen LogP contribution in [0.15, 0.2) is 35.2 Å². The first-order valence-electron chi connectivity index (χ1n) is 5.78. The molecule has 16 heavy (non-hydrogen) atoms. The van der Waals surface area contributed by atoms with Gasteiger partial charge >= 0.3 is 0 Å². The molecule has 0 amide bonds. The van der Waals surface area contributed by atoms with Gasteiger partial charge in [-0.15, -0.1) is 11.8 Å². The van der Waals surface area contributed by atoms with Gasteiger partial charge in [0.2, 0.25) is 0 Å². The maximum Gasteiger partial charge on any atom is 0.0631 e. The molecule has 0 aromatic heterocycles. The minimum atomic E-state index is -1.12. The van der Waals surface area contributed by atoms with Gasteiger partial charge in [0.05, 0.1) is 6.10 Å².